The standard InChI is InChI=1S/C13H18ClFN2O/c1-8(2)12(16)13(18)17(3)7-9-4-5-10(15)6-11(9)14/h4-6,8,12H,7,16H2,1-3H3/t12-/m1/s1. The number of halogens is 2. The first-order valence-corrected chi connectivity index (χ1v) is 6.15. The minimum atomic E-state index is -0.533. The molecule has 0 radical (unpaired) electrons. The van der Waals surface area contributed by atoms with Crippen LogP contribution in [0.25, 0.3) is 0 Å². The number of benzene rings is 1. The summed E-state index contributed by atoms with van der Waals surface area (Å²) >= 11 is 5.91. The molecule has 1 rings (SSSR count). The summed E-state index contributed by atoms with van der Waals surface area (Å²) in [6, 6.07) is 3.59. The molecule has 1 amide bonds. The number of nitrogens with zero attached hydrogens (tertiary/aromatic N) is 1. The molecule has 0 aliphatic rings. The molecule has 1 aromatic rings. The molecular weight excluding hydrogens is 255 g/mol. The summed E-state index contributed by atoms with van der Waals surface area (Å²) < 4.78 is 12.9. The lowest BCUT2D eigenvalue weighted by atomic mass is 10.0. The van der Waals surface area contributed by atoms with Crippen LogP contribution >= 0.6 is 11.6 Å². The van der Waals surface area contributed by atoms with Gasteiger partial charge in [0.15, 0.2) is 0 Å². The van der Waals surface area contributed by atoms with Crippen LogP contribution in [0.4, 0.5) is 4.39 Å². The van der Waals surface area contributed by atoms with E-state index in [4.69, 9.17) is 17.3 Å². The van der Waals surface area contributed by atoms with E-state index >= 15 is 0 Å². The maximum absolute atomic E-state index is 12.9. The van der Waals surface area contributed by atoms with Crippen LogP contribution in [0.3, 0.4) is 0 Å². The topological polar surface area (TPSA) is 46.3 Å². The van der Waals surface area contributed by atoms with Crippen LogP contribution in [-0.4, -0.2) is 23.9 Å². The van der Waals surface area contributed by atoms with E-state index in [2.05, 4.69) is 0 Å². The number of hydrogen-bond acceptors (Lipinski definition) is 2. The lowest BCUT2D eigenvalue weighted by Gasteiger charge is -2.23. The highest BCUT2D eigenvalue weighted by Gasteiger charge is 2.21. The van der Waals surface area contributed by atoms with Gasteiger partial charge in [0.1, 0.15) is 5.82 Å². The van der Waals surface area contributed by atoms with Crippen LogP contribution < -0.4 is 5.73 Å². The Hall–Kier alpha value is -1.13. The van der Waals surface area contributed by atoms with Gasteiger partial charge in [0, 0.05) is 18.6 Å². The molecule has 1 atom stereocenters. The van der Waals surface area contributed by atoms with Crippen molar-refractivity contribution in [2.45, 2.75) is 26.4 Å². The molecule has 100 valence electrons. The van der Waals surface area contributed by atoms with E-state index in [0.29, 0.717) is 17.1 Å². The largest absolute Gasteiger partial charge is 0.340 e. The predicted molar refractivity (Wildman–Crippen MR) is 70.7 cm³/mol. The van der Waals surface area contributed by atoms with E-state index in [1.807, 2.05) is 13.8 Å². The summed E-state index contributed by atoms with van der Waals surface area (Å²) in [7, 11) is 1.66. The Labute approximate surface area is 112 Å². The molecule has 18 heavy (non-hydrogen) atoms. The minimum Gasteiger partial charge on any atom is -0.340 e. The van der Waals surface area contributed by atoms with Crippen LogP contribution in [0.5, 0.6) is 0 Å². The van der Waals surface area contributed by atoms with Gasteiger partial charge in [-0.3, -0.25) is 4.79 Å². The summed E-state index contributed by atoms with van der Waals surface area (Å²) in [6.07, 6.45) is 0. The smallest absolute Gasteiger partial charge is 0.239 e. The van der Waals surface area contributed by atoms with Crippen molar-refractivity contribution in [3.8, 4) is 0 Å². The van der Waals surface area contributed by atoms with Gasteiger partial charge in [0.2, 0.25) is 5.91 Å². The molecule has 0 bridgehead atoms. The first-order chi connectivity index (χ1) is 8.32. The Bertz CT molecular complexity index is 437. The molecule has 5 heteroatoms. The summed E-state index contributed by atoms with van der Waals surface area (Å²) in [6.45, 7) is 4.10. The van der Waals surface area contributed by atoms with Crippen molar-refractivity contribution >= 4 is 17.5 Å². The van der Waals surface area contributed by atoms with E-state index < -0.39 is 11.9 Å². The number of amides is 1. The van der Waals surface area contributed by atoms with Crippen molar-refractivity contribution in [1.29, 1.82) is 0 Å². The van der Waals surface area contributed by atoms with E-state index in [1.54, 1.807) is 13.1 Å². The number of carbonyl (C=O) groups is 1. The summed E-state index contributed by atoms with van der Waals surface area (Å²) in [5, 5.41) is 0.313. The molecule has 0 fully saturated rings. The molecule has 0 aromatic heterocycles. The fourth-order valence-corrected chi connectivity index (χ4v) is 1.75. The SMILES string of the molecule is CC(C)[C@@H](N)C(=O)N(C)Cc1ccc(F)cc1Cl. The third-order valence-corrected chi connectivity index (χ3v) is 3.15. The van der Waals surface area contributed by atoms with Crippen molar-refractivity contribution in [2.24, 2.45) is 11.7 Å². The lowest BCUT2D eigenvalue weighted by molar-refractivity contribution is -0.132. The van der Waals surface area contributed by atoms with Gasteiger partial charge in [0.25, 0.3) is 0 Å². The van der Waals surface area contributed by atoms with Gasteiger partial charge in [0.05, 0.1) is 6.04 Å². The molecule has 3 nitrogen and oxygen atoms in total. The number of hydrogen-bond donors (Lipinski definition) is 1. The van der Waals surface area contributed by atoms with E-state index in [9.17, 15) is 9.18 Å². The summed E-state index contributed by atoms with van der Waals surface area (Å²) in [4.78, 5) is 13.5. The van der Waals surface area contributed by atoms with Crippen molar-refractivity contribution in [3.05, 3.63) is 34.6 Å². The van der Waals surface area contributed by atoms with Crippen LogP contribution in [0.2, 0.25) is 5.02 Å². The monoisotopic (exact) mass is 272 g/mol. The zero-order chi connectivity index (χ0) is 13.9. The highest BCUT2D eigenvalue weighted by molar-refractivity contribution is 6.31. The van der Waals surface area contributed by atoms with Gasteiger partial charge >= 0.3 is 0 Å². The number of carbonyl (C=O) groups excluding carboxylic acids is 1. The van der Waals surface area contributed by atoms with E-state index in [1.165, 1.54) is 17.0 Å². The molecular formula is C13H18ClFN2O. The first-order valence-electron chi connectivity index (χ1n) is 5.77. The quantitative estimate of drug-likeness (QED) is 0.915. The van der Waals surface area contributed by atoms with E-state index in [-0.39, 0.29) is 11.8 Å². The highest BCUT2D eigenvalue weighted by Crippen LogP contribution is 2.19. The molecule has 0 unspecified atom stereocenters. The highest BCUT2D eigenvalue weighted by atomic mass is 35.5. The molecule has 0 aliphatic carbocycles. The van der Waals surface area contributed by atoms with Gasteiger partial charge in [-0.05, 0) is 23.6 Å². The van der Waals surface area contributed by atoms with Crippen molar-refractivity contribution in [2.75, 3.05) is 7.05 Å². The molecule has 0 spiro atoms. The first kappa shape index (κ1) is 14.9. The van der Waals surface area contributed by atoms with Crippen molar-refractivity contribution < 1.29 is 9.18 Å². The maximum Gasteiger partial charge on any atom is 0.239 e. The van der Waals surface area contributed by atoms with E-state index in [0.717, 1.165) is 0 Å². The molecule has 0 aliphatic heterocycles. The Morgan fingerprint density at radius 1 is 1.50 bits per heavy atom. The summed E-state index contributed by atoms with van der Waals surface area (Å²) in [5.41, 5.74) is 6.49. The van der Waals surface area contributed by atoms with Crippen LogP contribution in [0, 0.1) is 11.7 Å². The van der Waals surface area contributed by atoms with Gasteiger partial charge in [-0.15, -0.1) is 0 Å². The molecule has 0 saturated carbocycles. The third-order valence-electron chi connectivity index (χ3n) is 2.80. The molecule has 0 saturated heterocycles. The Morgan fingerprint density at radius 3 is 2.61 bits per heavy atom. The number of rotatable bonds is 4. The third kappa shape index (κ3) is 3.68. The second-order valence-corrected chi connectivity index (χ2v) is 5.11. The van der Waals surface area contributed by atoms with Crippen molar-refractivity contribution in [3.63, 3.8) is 0 Å². The molecule has 1 aromatic carbocycles. The average molecular weight is 273 g/mol. The van der Waals surface area contributed by atoms with Gasteiger partial charge in [-0.1, -0.05) is 31.5 Å². The van der Waals surface area contributed by atoms with Gasteiger partial charge < -0.3 is 10.6 Å². The number of likely N-dealkylation sites (N-methyl/N-ethyl adjacent to an activating group) is 1. The minimum absolute atomic E-state index is 0.0728. The Kier molecular flexibility index (Phi) is 5.11. The molecule has 2 N–H and O–H groups in total. The second-order valence-electron chi connectivity index (χ2n) is 4.70. The van der Waals surface area contributed by atoms with Crippen LogP contribution in [0.15, 0.2) is 18.2 Å². The fourth-order valence-electron chi connectivity index (χ4n) is 1.52. The lowest BCUT2D eigenvalue weighted by Crippen LogP contribution is -2.44. The van der Waals surface area contributed by atoms with Gasteiger partial charge in [-0.25, -0.2) is 4.39 Å². The zero-order valence-electron chi connectivity index (χ0n) is 10.8. The second kappa shape index (κ2) is 6.16. The van der Waals surface area contributed by atoms with Crippen LogP contribution in [-0.2, 0) is 11.3 Å². The Balaban J connectivity index is 2.75. The maximum atomic E-state index is 12.9. The zero-order valence-corrected chi connectivity index (χ0v) is 11.5. The Morgan fingerprint density at radius 2 is 2.11 bits per heavy atom. The molecule has 0 heterocycles. The average Bonchev–Trinajstić information content (AvgIpc) is 2.30. The normalized spacial score (nSPS) is 12.6. The summed E-state index contributed by atoms with van der Waals surface area (Å²) in [5.74, 6) is -0.467. The van der Waals surface area contributed by atoms with Crippen LogP contribution in [0.1, 0.15) is 19.4 Å². The van der Waals surface area contributed by atoms with Gasteiger partial charge in [-0.2, -0.15) is 0 Å². The fraction of sp³-hybridized carbons (Fsp3) is 0.462. The van der Waals surface area contributed by atoms with Crippen molar-refractivity contribution in [1.82, 2.24) is 4.90 Å². The predicted octanol–water partition coefficient (Wildman–Crippen LogP) is 2.42. The number of nitrogens with two attached hydrogens (primary N) is 1.